The number of rotatable bonds is 4. The SMILES string of the molecule is CCSc1cccc(NC2CC3CCC2C3)c1C#N. The highest BCUT2D eigenvalue weighted by Crippen LogP contribution is 2.46. The maximum Gasteiger partial charge on any atom is 0.102 e. The van der Waals surface area contributed by atoms with Crippen molar-refractivity contribution in [2.75, 3.05) is 11.1 Å². The number of hydrogen-bond acceptors (Lipinski definition) is 3. The van der Waals surface area contributed by atoms with Crippen LogP contribution in [0.3, 0.4) is 0 Å². The molecule has 1 aromatic rings. The van der Waals surface area contributed by atoms with E-state index >= 15 is 0 Å². The van der Waals surface area contributed by atoms with Crippen LogP contribution < -0.4 is 5.32 Å². The fourth-order valence-corrected chi connectivity index (χ4v) is 4.45. The second kappa shape index (κ2) is 5.46. The first-order valence-electron chi connectivity index (χ1n) is 7.24. The number of benzene rings is 1. The van der Waals surface area contributed by atoms with E-state index in [1.54, 1.807) is 11.8 Å². The van der Waals surface area contributed by atoms with Crippen LogP contribution in [0.2, 0.25) is 0 Å². The molecule has 19 heavy (non-hydrogen) atoms. The van der Waals surface area contributed by atoms with Crippen LogP contribution in [0, 0.1) is 23.2 Å². The second-order valence-corrected chi connectivity index (χ2v) is 6.96. The van der Waals surface area contributed by atoms with Gasteiger partial charge in [0.05, 0.1) is 11.3 Å². The van der Waals surface area contributed by atoms with Crippen LogP contribution in [0.25, 0.3) is 0 Å². The molecule has 2 aliphatic carbocycles. The molecule has 2 nitrogen and oxygen atoms in total. The Kier molecular flexibility index (Phi) is 3.70. The molecule has 1 aromatic carbocycles. The van der Waals surface area contributed by atoms with Gasteiger partial charge in [0.15, 0.2) is 0 Å². The summed E-state index contributed by atoms with van der Waals surface area (Å²) in [6, 6.07) is 9.15. The zero-order valence-electron chi connectivity index (χ0n) is 11.4. The first-order chi connectivity index (χ1) is 9.31. The van der Waals surface area contributed by atoms with Crippen LogP contribution in [0.1, 0.15) is 38.2 Å². The molecular formula is C16H20N2S. The summed E-state index contributed by atoms with van der Waals surface area (Å²) in [4.78, 5) is 1.11. The van der Waals surface area contributed by atoms with Crippen molar-refractivity contribution in [1.29, 1.82) is 5.26 Å². The summed E-state index contributed by atoms with van der Waals surface area (Å²) in [7, 11) is 0. The molecule has 0 heterocycles. The molecule has 0 spiro atoms. The van der Waals surface area contributed by atoms with Gasteiger partial charge in [-0.15, -0.1) is 11.8 Å². The van der Waals surface area contributed by atoms with Gasteiger partial charge in [-0.1, -0.05) is 19.4 Å². The number of hydrogen-bond donors (Lipinski definition) is 1. The smallest absolute Gasteiger partial charge is 0.102 e. The molecule has 0 amide bonds. The lowest BCUT2D eigenvalue weighted by molar-refractivity contribution is 0.439. The van der Waals surface area contributed by atoms with Gasteiger partial charge in [-0.2, -0.15) is 5.26 Å². The predicted octanol–water partition coefficient (Wildman–Crippen LogP) is 4.27. The second-order valence-electron chi connectivity index (χ2n) is 5.65. The fourth-order valence-electron chi connectivity index (χ4n) is 3.66. The normalized spacial score (nSPS) is 28.3. The largest absolute Gasteiger partial charge is 0.381 e. The Morgan fingerprint density at radius 3 is 2.89 bits per heavy atom. The van der Waals surface area contributed by atoms with Crippen molar-refractivity contribution in [3.63, 3.8) is 0 Å². The van der Waals surface area contributed by atoms with Gasteiger partial charge in [0.25, 0.3) is 0 Å². The summed E-state index contributed by atoms with van der Waals surface area (Å²) in [6.45, 7) is 2.13. The molecule has 1 N–H and O–H groups in total. The van der Waals surface area contributed by atoms with Gasteiger partial charge in [-0.25, -0.2) is 0 Å². The topological polar surface area (TPSA) is 35.8 Å². The Hall–Kier alpha value is -1.14. The monoisotopic (exact) mass is 272 g/mol. The molecule has 0 saturated heterocycles. The van der Waals surface area contributed by atoms with Crippen LogP contribution in [-0.4, -0.2) is 11.8 Å². The van der Waals surface area contributed by atoms with Gasteiger partial charge in [0.1, 0.15) is 6.07 Å². The highest BCUT2D eigenvalue weighted by molar-refractivity contribution is 7.99. The number of fused-ring (bicyclic) bond motifs is 2. The summed E-state index contributed by atoms with van der Waals surface area (Å²) in [5, 5.41) is 13.1. The van der Waals surface area contributed by atoms with E-state index < -0.39 is 0 Å². The van der Waals surface area contributed by atoms with Crippen molar-refractivity contribution in [3.05, 3.63) is 23.8 Å². The third-order valence-corrected chi connectivity index (χ3v) is 5.46. The van der Waals surface area contributed by atoms with Crippen molar-refractivity contribution >= 4 is 17.4 Å². The van der Waals surface area contributed by atoms with Crippen molar-refractivity contribution in [1.82, 2.24) is 0 Å². The van der Waals surface area contributed by atoms with E-state index in [9.17, 15) is 5.26 Å². The van der Waals surface area contributed by atoms with Crippen LogP contribution in [0.5, 0.6) is 0 Å². The van der Waals surface area contributed by atoms with E-state index in [4.69, 9.17) is 0 Å². The standard InChI is InChI=1S/C16H20N2S/c1-2-19-16-5-3-4-14(13(16)10-17)18-15-9-11-6-7-12(15)8-11/h3-5,11-12,15,18H,2,6-9H2,1H3. The van der Waals surface area contributed by atoms with Crippen molar-refractivity contribution in [3.8, 4) is 6.07 Å². The van der Waals surface area contributed by atoms with Gasteiger partial charge < -0.3 is 5.32 Å². The minimum atomic E-state index is 0.590. The van der Waals surface area contributed by atoms with Crippen LogP contribution in [0.4, 0.5) is 5.69 Å². The summed E-state index contributed by atoms with van der Waals surface area (Å²) in [6.07, 6.45) is 5.47. The minimum absolute atomic E-state index is 0.590. The maximum atomic E-state index is 9.43. The molecule has 3 atom stereocenters. The molecule has 100 valence electrons. The molecule has 3 rings (SSSR count). The number of nitriles is 1. The van der Waals surface area contributed by atoms with Crippen molar-refractivity contribution in [2.45, 2.75) is 43.5 Å². The Bertz CT molecular complexity index is 506. The van der Waals surface area contributed by atoms with Gasteiger partial charge in [-0.05, 0) is 49.0 Å². The van der Waals surface area contributed by atoms with E-state index in [2.05, 4.69) is 36.5 Å². The van der Waals surface area contributed by atoms with E-state index in [0.717, 1.165) is 33.7 Å². The van der Waals surface area contributed by atoms with E-state index in [-0.39, 0.29) is 0 Å². The zero-order chi connectivity index (χ0) is 13.2. The Morgan fingerprint density at radius 1 is 1.37 bits per heavy atom. The molecule has 2 aliphatic rings. The van der Waals surface area contributed by atoms with E-state index in [1.807, 2.05) is 0 Å². The van der Waals surface area contributed by atoms with Crippen LogP contribution >= 0.6 is 11.8 Å². The summed E-state index contributed by atoms with van der Waals surface area (Å²) < 4.78 is 0. The van der Waals surface area contributed by atoms with E-state index in [0.29, 0.717) is 6.04 Å². The Morgan fingerprint density at radius 2 is 2.26 bits per heavy atom. The molecule has 3 heteroatoms. The summed E-state index contributed by atoms with van der Waals surface area (Å²) in [5.41, 5.74) is 1.87. The number of anilines is 1. The molecule has 2 saturated carbocycles. The molecule has 3 unspecified atom stereocenters. The number of nitrogens with one attached hydrogen (secondary N) is 1. The summed E-state index contributed by atoms with van der Waals surface area (Å²) >= 11 is 1.75. The van der Waals surface area contributed by atoms with Gasteiger partial charge in [0.2, 0.25) is 0 Å². The Balaban J connectivity index is 1.81. The van der Waals surface area contributed by atoms with Crippen LogP contribution in [-0.2, 0) is 0 Å². The van der Waals surface area contributed by atoms with Gasteiger partial charge in [-0.3, -0.25) is 0 Å². The predicted molar refractivity (Wildman–Crippen MR) is 80.4 cm³/mol. The fraction of sp³-hybridized carbons (Fsp3) is 0.562. The van der Waals surface area contributed by atoms with Crippen LogP contribution in [0.15, 0.2) is 23.1 Å². The molecule has 2 bridgehead atoms. The zero-order valence-corrected chi connectivity index (χ0v) is 12.2. The highest BCUT2D eigenvalue weighted by atomic mass is 32.2. The first kappa shape index (κ1) is 12.9. The minimum Gasteiger partial charge on any atom is -0.381 e. The third-order valence-electron chi connectivity index (χ3n) is 4.52. The number of thioether (sulfide) groups is 1. The lowest BCUT2D eigenvalue weighted by Crippen LogP contribution is -2.26. The molecule has 0 aromatic heterocycles. The highest BCUT2D eigenvalue weighted by Gasteiger charge is 2.39. The lowest BCUT2D eigenvalue weighted by Gasteiger charge is -2.25. The van der Waals surface area contributed by atoms with Gasteiger partial charge in [0, 0.05) is 10.9 Å². The molecule has 0 aliphatic heterocycles. The summed E-state index contributed by atoms with van der Waals surface area (Å²) in [5.74, 6) is 2.77. The molecular weight excluding hydrogens is 252 g/mol. The van der Waals surface area contributed by atoms with Crippen molar-refractivity contribution in [2.24, 2.45) is 11.8 Å². The molecule has 2 fully saturated rings. The molecule has 0 radical (unpaired) electrons. The van der Waals surface area contributed by atoms with E-state index in [1.165, 1.54) is 25.7 Å². The third kappa shape index (κ3) is 2.47. The number of nitrogens with zero attached hydrogens (tertiary/aromatic N) is 1. The lowest BCUT2D eigenvalue weighted by atomic mass is 9.95. The average molecular weight is 272 g/mol. The maximum absolute atomic E-state index is 9.43. The van der Waals surface area contributed by atoms with Crippen molar-refractivity contribution < 1.29 is 0 Å². The average Bonchev–Trinajstić information content (AvgIpc) is 3.02. The van der Waals surface area contributed by atoms with Gasteiger partial charge >= 0.3 is 0 Å². The first-order valence-corrected chi connectivity index (χ1v) is 8.22. The Labute approximate surface area is 119 Å². The quantitative estimate of drug-likeness (QED) is 0.831.